The van der Waals surface area contributed by atoms with E-state index in [4.69, 9.17) is 0 Å². The van der Waals surface area contributed by atoms with E-state index < -0.39 is 10.2 Å². The van der Waals surface area contributed by atoms with E-state index >= 15 is 0 Å². The van der Waals surface area contributed by atoms with Crippen LogP contribution in [-0.2, 0) is 10.2 Å². The summed E-state index contributed by atoms with van der Waals surface area (Å²) >= 11 is 0. The van der Waals surface area contributed by atoms with Gasteiger partial charge in [-0.1, -0.05) is 0 Å². The molecule has 0 amide bonds. The van der Waals surface area contributed by atoms with E-state index in [2.05, 4.69) is 10.0 Å². The minimum absolute atomic E-state index is 0.196. The number of hydrogen-bond donors (Lipinski definition) is 2. The summed E-state index contributed by atoms with van der Waals surface area (Å²) in [5.74, 6) is 0.676. The second kappa shape index (κ2) is 5.65. The number of hydrogen-bond acceptors (Lipinski definition) is 3. The molecule has 0 atom stereocenters. The van der Waals surface area contributed by atoms with Crippen LogP contribution < -0.4 is 10.0 Å². The molecule has 1 saturated heterocycles. The predicted molar refractivity (Wildman–Crippen MR) is 67.9 cm³/mol. The molecule has 1 heterocycles. The highest BCUT2D eigenvalue weighted by Crippen LogP contribution is 2.21. The molecule has 1 aliphatic heterocycles. The maximum atomic E-state index is 11.9. The third-order valence-electron chi connectivity index (χ3n) is 3.61. The van der Waals surface area contributed by atoms with E-state index in [-0.39, 0.29) is 6.04 Å². The second-order valence-electron chi connectivity index (χ2n) is 5.20. The molecule has 0 radical (unpaired) electrons. The van der Waals surface area contributed by atoms with Crippen molar-refractivity contribution in [2.75, 3.05) is 26.7 Å². The van der Waals surface area contributed by atoms with Gasteiger partial charge in [0, 0.05) is 19.6 Å². The van der Waals surface area contributed by atoms with E-state index in [0.717, 1.165) is 32.4 Å². The molecule has 5 nitrogen and oxygen atoms in total. The third kappa shape index (κ3) is 4.21. The SMILES string of the molecule is CN(CCC1CCNCC1)S(=O)(=O)NC1CC1. The maximum absolute atomic E-state index is 11.9. The minimum Gasteiger partial charge on any atom is -0.317 e. The average Bonchev–Trinajstić information content (AvgIpc) is 3.10. The fourth-order valence-electron chi connectivity index (χ4n) is 2.16. The first-order chi connectivity index (χ1) is 8.08. The first kappa shape index (κ1) is 13.3. The monoisotopic (exact) mass is 261 g/mol. The summed E-state index contributed by atoms with van der Waals surface area (Å²) in [6.45, 7) is 2.77. The van der Waals surface area contributed by atoms with Crippen LogP contribution in [0, 0.1) is 5.92 Å². The fraction of sp³-hybridized carbons (Fsp3) is 1.00. The van der Waals surface area contributed by atoms with Gasteiger partial charge >= 0.3 is 0 Å². The molecule has 17 heavy (non-hydrogen) atoms. The second-order valence-corrected chi connectivity index (χ2v) is 7.01. The van der Waals surface area contributed by atoms with Gasteiger partial charge in [-0.2, -0.15) is 17.4 Å². The summed E-state index contributed by atoms with van der Waals surface area (Å²) < 4.78 is 27.9. The summed E-state index contributed by atoms with van der Waals surface area (Å²) in [6, 6.07) is 0.196. The summed E-state index contributed by atoms with van der Waals surface area (Å²) in [5.41, 5.74) is 0. The smallest absolute Gasteiger partial charge is 0.279 e. The van der Waals surface area contributed by atoms with Crippen LogP contribution >= 0.6 is 0 Å². The van der Waals surface area contributed by atoms with Crippen LogP contribution in [0.25, 0.3) is 0 Å². The van der Waals surface area contributed by atoms with Gasteiger partial charge in [-0.05, 0) is 51.1 Å². The highest BCUT2D eigenvalue weighted by Gasteiger charge is 2.29. The third-order valence-corrected chi connectivity index (χ3v) is 5.25. The standard InChI is InChI=1S/C11H23N3O2S/c1-14(17(15,16)13-11-2-3-11)9-6-10-4-7-12-8-5-10/h10-13H,2-9H2,1H3. The summed E-state index contributed by atoms with van der Waals surface area (Å²) in [7, 11) is -1.56. The van der Waals surface area contributed by atoms with Crippen molar-refractivity contribution in [1.29, 1.82) is 0 Å². The average molecular weight is 261 g/mol. The molecule has 0 aromatic rings. The lowest BCUT2D eigenvalue weighted by molar-refractivity contribution is 0.324. The van der Waals surface area contributed by atoms with Crippen molar-refractivity contribution in [1.82, 2.24) is 14.3 Å². The van der Waals surface area contributed by atoms with Crippen molar-refractivity contribution in [2.45, 2.75) is 38.1 Å². The number of nitrogens with zero attached hydrogens (tertiary/aromatic N) is 1. The van der Waals surface area contributed by atoms with Crippen molar-refractivity contribution >= 4 is 10.2 Å². The minimum atomic E-state index is -3.23. The molecular weight excluding hydrogens is 238 g/mol. The quantitative estimate of drug-likeness (QED) is 0.723. The van der Waals surface area contributed by atoms with Crippen molar-refractivity contribution in [3.8, 4) is 0 Å². The fourth-order valence-corrected chi connectivity index (χ4v) is 3.34. The Kier molecular flexibility index (Phi) is 4.41. The van der Waals surface area contributed by atoms with E-state index in [1.807, 2.05) is 0 Å². The molecule has 100 valence electrons. The van der Waals surface area contributed by atoms with Crippen LogP contribution in [0.4, 0.5) is 0 Å². The summed E-state index contributed by atoms with van der Waals surface area (Å²) in [4.78, 5) is 0. The van der Waals surface area contributed by atoms with Gasteiger partial charge in [0.05, 0.1) is 0 Å². The molecule has 1 aliphatic carbocycles. The van der Waals surface area contributed by atoms with E-state index in [1.54, 1.807) is 7.05 Å². The van der Waals surface area contributed by atoms with E-state index in [0.29, 0.717) is 12.5 Å². The Balaban J connectivity index is 1.73. The van der Waals surface area contributed by atoms with Crippen molar-refractivity contribution in [2.24, 2.45) is 5.92 Å². The molecule has 2 rings (SSSR count). The first-order valence-corrected chi connectivity index (χ1v) is 7.96. The Bertz CT molecular complexity index is 335. The topological polar surface area (TPSA) is 61.4 Å². The lowest BCUT2D eigenvalue weighted by Gasteiger charge is -2.25. The van der Waals surface area contributed by atoms with Gasteiger partial charge in [-0.25, -0.2) is 0 Å². The van der Waals surface area contributed by atoms with Gasteiger partial charge in [0.25, 0.3) is 10.2 Å². The summed E-state index contributed by atoms with van der Waals surface area (Å²) in [6.07, 6.45) is 5.29. The molecular formula is C11H23N3O2S. The highest BCUT2D eigenvalue weighted by atomic mass is 32.2. The van der Waals surface area contributed by atoms with Crippen molar-refractivity contribution in [3.05, 3.63) is 0 Å². The Hall–Kier alpha value is -0.170. The molecule has 0 aromatic carbocycles. The highest BCUT2D eigenvalue weighted by molar-refractivity contribution is 7.87. The number of nitrogens with one attached hydrogen (secondary N) is 2. The van der Waals surface area contributed by atoms with Crippen LogP contribution in [0.15, 0.2) is 0 Å². The Morgan fingerprint density at radius 1 is 1.24 bits per heavy atom. The Labute approximate surface area is 104 Å². The van der Waals surface area contributed by atoms with Gasteiger partial charge in [0.2, 0.25) is 0 Å². The van der Waals surface area contributed by atoms with Gasteiger partial charge in [0.15, 0.2) is 0 Å². The van der Waals surface area contributed by atoms with Gasteiger partial charge in [-0.15, -0.1) is 0 Å². The Morgan fingerprint density at radius 3 is 2.47 bits per heavy atom. The van der Waals surface area contributed by atoms with Crippen LogP contribution in [0.1, 0.15) is 32.1 Å². The predicted octanol–water partition coefficient (Wildman–Crippen LogP) is 0.305. The van der Waals surface area contributed by atoms with Crippen molar-refractivity contribution in [3.63, 3.8) is 0 Å². The van der Waals surface area contributed by atoms with Crippen LogP contribution in [-0.4, -0.2) is 45.4 Å². The zero-order chi connectivity index (χ0) is 12.3. The lowest BCUT2D eigenvalue weighted by Crippen LogP contribution is -2.40. The normalized spacial score (nSPS) is 23.2. The lowest BCUT2D eigenvalue weighted by atomic mass is 9.95. The van der Waals surface area contributed by atoms with Crippen LogP contribution in [0.2, 0.25) is 0 Å². The number of rotatable bonds is 6. The Morgan fingerprint density at radius 2 is 1.88 bits per heavy atom. The molecule has 0 unspecified atom stereocenters. The zero-order valence-corrected chi connectivity index (χ0v) is 11.3. The first-order valence-electron chi connectivity index (χ1n) is 6.52. The molecule has 2 N–H and O–H groups in total. The zero-order valence-electron chi connectivity index (χ0n) is 10.5. The molecule has 6 heteroatoms. The molecule has 2 fully saturated rings. The van der Waals surface area contributed by atoms with Gasteiger partial charge in [0.1, 0.15) is 0 Å². The van der Waals surface area contributed by atoms with Crippen LogP contribution in [0.5, 0.6) is 0 Å². The molecule has 1 saturated carbocycles. The molecule has 0 spiro atoms. The molecule has 0 aromatic heterocycles. The largest absolute Gasteiger partial charge is 0.317 e. The summed E-state index contributed by atoms with van der Waals surface area (Å²) in [5, 5.41) is 3.32. The van der Waals surface area contributed by atoms with Crippen molar-refractivity contribution < 1.29 is 8.42 Å². The van der Waals surface area contributed by atoms with E-state index in [1.165, 1.54) is 17.1 Å². The molecule has 2 aliphatic rings. The maximum Gasteiger partial charge on any atom is 0.279 e. The van der Waals surface area contributed by atoms with Gasteiger partial charge in [-0.3, -0.25) is 0 Å². The van der Waals surface area contributed by atoms with Gasteiger partial charge < -0.3 is 5.32 Å². The number of piperidine rings is 1. The van der Waals surface area contributed by atoms with E-state index in [9.17, 15) is 8.42 Å². The molecule has 0 bridgehead atoms. The van der Waals surface area contributed by atoms with Crippen LogP contribution in [0.3, 0.4) is 0 Å².